The van der Waals surface area contributed by atoms with Crippen molar-refractivity contribution in [2.24, 2.45) is 11.0 Å². The number of fused-ring (bicyclic) bond motifs is 1. The third kappa shape index (κ3) is 9.65. The maximum absolute atomic E-state index is 13.2. The minimum absolute atomic E-state index is 0.0127. The Balaban J connectivity index is 0.000000533. The first-order chi connectivity index (χ1) is 22.0. The summed E-state index contributed by atoms with van der Waals surface area (Å²) in [6.07, 6.45) is 4.07. The van der Waals surface area contributed by atoms with Gasteiger partial charge in [-0.2, -0.15) is 5.10 Å². The van der Waals surface area contributed by atoms with Gasteiger partial charge in [0.2, 0.25) is 0 Å². The fourth-order valence-corrected chi connectivity index (χ4v) is 7.54. The topological polar surface area (TPSA) is 149 Å². The Morgan fingerprint density at radius 2 is 1.46 bits per heavy atom. The van der Waals surface area contributed by atoms with Gasteiger partial charge in [-0.05, 0) is 67.1 Å². The van der Waals surface area contributed by atoms with Crippen LogP contribution in [0, 0.1) is 5.92 Å². The number of aliphatic carboxylic acids is 2. The monoisotopic (exact) mass is 654 g/mol. The predicted octanol–water partition coefficient (Wildman–Crippen LogP) is 2.89. The van der Waals surface area contributed by atoms with Crippen LogP contribution < -0.4 is 9.47 Å². The average Bonchev–Trinajstić information content (AvgIpc) is 3.39. The van der Waals surface area contributed by atoms with Crippen LogP contribution in [0.15, 0.2) is 71.4 Å². The standard InChI is InChI=1S/C29H38N4O4S.C4H4O4/c1-31-15-17-32(18-16-31)13-4-14-33-29(23-7-11-26(37-3)12-8-23)27-21-38(34,35)20-24(28(27)30-33)19-22-5-9-25(36-2)10-6-22;5-3(6)1-2-4(7)8/h5-12,19,27,29H,4,13-18,20-21H2,1-3H3;1-2H,(H,5,6)(H,7,8). The fraction of sp³-hybridized carbons (Fsp3) is 0.424. The molecule has 2 aromatic carbocycles. The van der Waals surface area contributed by atoms with Crippen LogP contribution in [-0.2, 0) is 19.4 Å². The van der Waals surface area contributed by atoms with Crippen molar-refractivity contribution in [3.63, 3.8) is 0 Å². The fourth-order valence-electron chi connectivity index (χ4n) is 5.83. The number of hydrazone groups is 1. The number of hydrogen-bond acceptors (Lipinski definition) is 10. The number of likely N-dealkylation sites (N-methyl/N-ethyl adjacent to an activating group) is 1. The van der Waals surface area contributed by atoms with Gasteiger partial charge in [-0.15, -0.1) is 0 Å². The number of ether oxygens (including phenoxy) is 2. The average molecular weight is 655 g/mol. The maximum Gasteiger partial charge on any atom is 0.328 e. The molecule has 0 radical (unpaired) electrons. The van der Waals surface area contributed by atoms with Gasteiger partial charge in [0.05, 0.1) is 37.5 Å². The summed E-state index contributed by atoms with van der Waals surface area (Å²) in [4.78, 5) is 24.0. The van der Waals surface area contributed by atoms with Crippen LogP contribution in [0.1, 0.15) is 23.6 Å². The summed E-state index contributed by atoms with van der Waals surface area (Å²) in [6, 6.07) is 15.5. The van der Waals surface area contributed by atoms with E-state index in [-0.39, 0.29) is 23.5 Å². The molecule has 2 N–H and O–H groups in total. The lowest BCUT2D eigenvalue weighted by Gasteiger charge is -2.33. The Labute approximate surface area is 270 Å². The molecule has 2 aromatic rings. The number of rotatable bonds is 10. The van der Waals surface area contributed by atoms with E-state index < -0.39 is 21.8 Å². The van der Waals surface area contributed by atoms with Gasteiger partial charge in [-0.3, -0.25) is 5.01 Å². The van der Waals surface area contributed by atoms with Crippen molar-refractivity contribution in [2.75, 3.05) is 72.0 Å². The zero-order chi connectivity index (χ0) is 33.3. The van der Waals surface area contributed by atoms with Crippen LogP contribution >= 0.6 is 0 Å². The molecule has 3 heterocycles. The molecule has 2 atom stereocenters. The van der Waals surface area contributed by atoms with E-state index in [2.05, 4.69) is 21.9 Å². The molecule has 248 valence electrons. The molecule has 46 heavy (non-hydrogen) atoms. The molecule has 2 fully saturated rings. The van der Waals surface area contributed by atoms with E-state index >= 15 is 0 Å². The zero-order valence-corrected chi connectivity index (χ0v) is 27.2. The number of sulfone groups is 1. The SMILES string of the molecule is COc1ccc(C=C2CS(=O)(=O)CC3C2=NN(CCCN2CCN(C)CC2)C3c2ccc(OC)cc2)cc1.O=C(O)C=CC(=O)O. The van der Waals surface area contributed by atoms with E-state index in [4.69, 9.17) is 24.8 Å². The molecule has 0 aliphatic carbocycles. The molecule has 0 aromatic heterocycles. The van der Waals surface area contributed by atoms with Gasteiger partial charge in [0, 0.05) is 50.8 Å². The van der Waals surface area contributed by atoms with Crippen molar-refractivity contribution in [1.82, 2.24) is 14.8 Å². The summed E-state index contributed by atoms with van der Waals surface area (Å²) in [5.41, 5.74) is 3.69. The highest BCUT2D eigenvalue weighted by atomic mass is 32.2. The summed E-state index contributed by atoms with van der Waals surface area (Å²) in [5.74, 6) is -1.05. The lowest BCUT2D eigenvalue weighted by Crippen LogP contribution is -2.45. The van der Waals surface area contributed by atoms with Crippen LogP contribution in [0.25, 0.3) is 6.08 Å². The van der Waals surface area contributed by atoms with E-state index in [1.54, 1.807) is 14.2 Å². The van der Waals surface area contributed by atoms with Crippen molar-refractivity contribution >= 4 is 33.6 Å². The highest BCUT2D eigenvalue weighted by molar-refractivity contribution is 7.91. The van der Waals surface area contributed by atoms with Gasteiger partial charge < -0.3 is 29.5 Å². The Kier molecular flexibility index (Phi) is 12.0. The second-order valence-electron chi connectivity index (χ2n) is 11.5. The van der Waals surface area contributed by atoms with E-state index in [9.17, 15) is 18.0 Å². The predicted molar refractivity (Wildman–Crippen MR) is 176 cm³/mol. The second kappa shape index (κ2) is 15.9. The third-order valence-corrected chi connectivity index (χ3v) is 9.79. The van der Waals surface area contributed by atoms with Crippen molar-refractivity contribution < 1.29 is 37.7 Å². The first kappa shape index (κ1) is 34.7. The first-order valence-electron chi connectivity index (χ1n) is 15.1. The van der Waals surface area contributed by atoms with Crippen molar-refractivity contribution in [1.29, 1.82) is 0 Å². The van der Waals surface area contributed by atoms with Crippen molar-refractivity contribution in [3.05, 3.63) is 77.4 Å². The molecule has 0 bridgehead atoms. The summed E-state index contributed by atoms with van der Waals surface area (Å²) in [6.45, 7) is 6.16. The van der Waals surface area contributed by atoms with Gasteiger partial charge in [0.15, 0.2) is 9.84 Å². The molecule has 12 nitrogen and oxygen atoms in total. The molecule has 0 saturated carbocycles. The molecule has 0 amide bonds. The van der Waals surface area contributed by atoms with Crippen molar-refractivity contribution in [2.45, 2.75) is 12.5 Å². The van der Waals surface area contributed by atoms with Gasteiger partial charge in [0.25, 0.3) is 0 Å². The van der Waals surface area contributed by atoms with Crippen molar-refractivity contribution in [3.8, 4) is 11.5 Å². The third-order valence-electron chi connectivity index (χ3n) is 8.17. The highest BCUT2D eigenvalue weighted by Gasteiger charge is 2.45. The number of carboxylic acid groups (broad SMARTS) is 2. The summed E-state index contributed by atoms with van der Waals surface area (Å²) < 4.78 is 37.0. The van der Waals surface area contributed by atoms with Gasteiger partial charge in [-0.25, -0.2) is 18.0 Å². The number of hydrogen-bond donors (Lipinski definition) is 2. The Morgan fingerprint density at radius 3 is 2.00 bits per heavy atom. The number of carbonyl (C=O) groups is 2. The highest BCUT2D eigenvalue weighted by Crippen LogP contribution is 2.42. The normalized spacial score (nSPS) is 22.1. The molecule has 2 saturated heterocycles. The summed E-state index contributed by atoms with van der Waals surface area (Å²) in [7, 11) is 2.18. The van der Waals surface area contributed by atoms with Crippen LogP contribution in [0.3, 0.4) is 0 Å². The number of nitrogens with zero attached hydrogens (tertiary/aromatic N) is 4. The number of methoxy groups -OCH3 is 2. The summed E-state index contributed by atoms with van der Waals surface area (Å²) >= 11 is 0. The van der Waals surface area contributed by atoms with Gasteiger partial charge in [-0.1, -0.05) is 24.3 Å². The lowest BCUT2D eigenvalue weighted by molar-refractivity contribution is -0.134. The minimum Gasteiger partial charge on any atom is -0.497 e. The first-order valence-corrected chi connectivity index (χ1v) is 16.9. The largest absolute Gasteiger partial charge is 0.497 e. The minimum atomic E-state index is -3.28. The second-order valence-corrected chi connectivity index (χ2v) is 13.6. The summed E-state index contributed by atoms with van der Waals surface area (Å²) in [5, 5.41) is 22.9. The molecular weight excluding hydrogens is 612 g/mol. The molecule has 3 aliphatic rings. The number of benzene rings is 2. The van der Waals surface area contributed by atoms with Crippen LogP contribution in [0.5, 0.6) is 11.5 Å². The van der Waals surface area contributed by atoms with Crippen LogP contribution in [0.4, 0.5) is 0 Å². The Bertz CT molecular complexity index is 1530. The Hall–Kier alpha value is -4.20. The molecule has 0 spiro atoms. The van der Waals surface area contributed by atoms with E-state index in [0.29, 0.717) is 12.2 Å². The lowest BCUT2D eigenvalue weighted by atomic mass is 9.87. The van der Waals surface area contributed by atoms with Gasteiger partial charge in [0.1, 0.15) is 11.5 Å². The maximum atomic E-state index is 13.2. The quantitative estimate of drug-likeness (QED) is 0.364. The molecule has 13 heteroatoms. The zero-order valence-electron chi connectivity index (χ0n) is 26.4. The van der Waals surface area contributed by atoms with Gasteiger partial charge >= 0.3 is 11.9 Å². The molecule has 3 aliphatic heterocycles. The van der Waals surface area contributed by atoms with Crippen LogP contribution in [0.2, 0.25) is 0 Å². The molecule has 5 rings (SSSR count). The Morgan fingerprint density at radius 1 is 0.891 bits per heavy atom. The van der Waals surface area contributed by atoms with E-state index in [1.165, 1.54) is 0 Å². The van der Waals surface area contributed by atoms with E-state index in [0.717, 1.165) is 79.6 Å². The number of carboxylic acids is 2. The molecule has 2 unspecified atom stereocenters. The van der Waals surface area contributed by atoms with E-state index in [1.807, 2.05) is 54.6 Å². The smallest absolute Gasteiger partial charge is 0.328 e. The van der Waals surface area contributed by atoms with Crippen LogP contribution in [-0.4, -0.2) is 123 Å². The molecular formula is C33H42N4O8S. The number of piperazine rings is 1.